The highest BCUT2D eigenvalue weighted by Crippen LogP contribution is 2.49. The monoisotopic (exact) mass is 534 g/mol. The Kier molecular flexibility index (Phi) is 9.09. The Labute approximate surface area is 181 Å². The molecule has 1 aromatic carbocycles. The van der Waals surface area contributed by atoms with Gasteiger partial charge >= 0.3 is 0 Å². The summed E-state index contributed by atoms with van der Waals surface area (Å²) >= 11 is 3.66. The molecular formula is C19H28BrIN4O. The number of benzene rings is 1. The van der Waals surface area contributed by atoms with Crippen LogP contribution in [-0.4, -0.2) is 50.5 Å². The Bertz CT molecular complexity index is 671. The van der Waals surface area contributed by atoms with Crippen LogP contribution in [0.4, 0.5) is 0 Å². The van der Waals surface area contributed by atoms with Crippen LogP contribution in [0.25, 0.3) is 0 Å². The fourth-order valence-electron chi connectivity index (χ4n) is 2.53. The second kappa shape index (κ2) is 10.3. The van der Waals surface area contributed by atoms with Crippen molar-refractivity contribution < 1.29 is 4.79 Å². The van der Waals surface area contributed by atoms with Crippen molar-refractivity contribution in [3.05, 3.63) is 46.5 Å². The molecule has 1 aromatic rings. The summed E-state index contributed by atoms with van der Waals surface area (Å²) < 4.78 is 1.14. The van der Waals surface area contributed by atoms with E-state index in [1.807, 2.05) is 13.0 Å². The largest absolute Gasteiger partial charge is 0.355 e. The molecule has 2 N–H and O–H groups in total. The summed E-state index contributed by atoms with van der Waals surface area (Å²) in [6.07, 6.45) is 2.29. The third-order valence-corrected chi connectivity index (χ3v) is 5.01. The van der Waals surface area contributed by atoms with Gasteiger partial charge in [0.05, 0.1) is 0 Å². The van der Waals surface area contributed by atoms with Crippen LogP contribution in [0.5, 0.6) is 0 Å². The molecule has 0 radical (unpaired) electrons. The number of nitrogens with zero attached hydrogens (tertiary/aromatic N) is 2. The standard InChI is InChI=1S/C19H27BrN4O.HI/c1-14(2)11-21-18(22-12-17(25)24(3)4)23-13-19(9-10-19)15-7-5-6-8-16(15)20;/h5-8H,1,9-13H2,2-4H3,(H2,21,22,23);1H. The van der Waals surface area contributed by atoms with Crippen LogP contribution in [0.1, 0.15) is 25.3 Å². The first-order valence-corrected chi connectivity index (χ1v) is 9.25. The van der Waals surface area contributed by atoms with Crippen molar-refractivity contribution >= 4 is 51.8 Å². The van der Waals surface area contributed by atoms with Gasteiger partial charge in [-0.05, 0) is 31.4 Å². The molecule has 0 atom stereocenters. The lowest BCUT2D eigenvalue weighted by molar-refractivity contribution is -0.127. The van der Waals surface area contributed by atoms with Crippen molar-refractivity contribution in [1.82, 2.24) is 15.5 Å². The number of nitrogens with one attached hydrogen (secondary N) is 2. The van der Waals surface area contributed by atoms with Crippen LogP contribution >= 0.6 is 39.9 Å². The third kappa shape index (κ3) is 6.57. The Balaban J connectivity index is 0.00000338. The highest BCUT2D eigenvalue weighted by atomic mass is 127. The first kappa shape index (κ1) is 23.0. The van der Waals surface area contributed by atoms with Crippen LogP contribution in [0.3, 0.4) is 0 Å². The van der Waals surface area contributed by atoms with E-state index in [0.29, 0.717) is 12.5 Å². The second-order valence-corrected chi connectivity index (χ2v) is 7.73. The van der Waals surface area contributed by atoms with Gasteiger partial charge < -0.3 is 15.5 Å². The van der Waals surface area contributed by atoms with Crippen molar-refractivity contribution in [3.8, 4) is 0 Å². The van der Waals surface area contributed by atoms with E-state index in [2.05, 4.69) is 56.3 Å². The van der Waals surface area contributed by atoms with Gasteiger partial charge in [0.15, 0.2) is 5.96 Å². The van der Waals surface area contributed by atoms with E-state index in [9.17, 15) is 4.79 Å². The predicted molar refractivity (Wildman–Crippen MR) is 122 cm³/mol. The molecule has 1 fully saturated rings. The average Bonchev–Trinajstić information content (AvgIpc) is 3.34. The normalized spacial score (nSPS) is 14.8. The van der Waals surface area contributed by atoms with Gasteiger partial charge in [0.25, 0.3) is 0 Å². The number of amides is 1. The minimum Gasteiger partial charge on any atom is -0.355 e. The number of aliphatic imine (C=N–C) groups is 1. The van der Waals surface area contributed by atoms with E-state index in [4.69, 9.17) is 0 Å². The summed E-state index contributed by atoms with van der Waals surface area (Å²) in [7, 11) is 3.47. The maximum Gasteiger partial charge on any atom is 0.243 e. The Morgan fingerprint density at radius 2 is 1.96 bits per heavy atom. The Morgan fingerprint density at radius 1 is 1.31 bits per heavy atom. The smallest absolute Gasteiger partial charge is 0.243 e. The minimum absolute atomic E-state index is 0. The third-order valence-electron chi connectivity index (χ3n) is 4.32. The molecule has 0 bridgehead atoms. The number of carbonyl (C=O) groups is 1. The van der Waals surface area contributed by atoms with E-state index >= 15 is 0 Å². The van der Waals surface area contributed by atoms with Gasteiger partial charge in [0.2, 0.25) is 5.91 Å². The number of hydrogen-bond donors (Lipinski definition) is 2. The average molecular weight is 535 g/mol. The van der Waals surface area contributed by atoms with E-state index < -0.39 is 0 Å². The van der Waals surface area contributed by atoms with Crippen LogP contribution in [0.2, 0.25) is 0 Å². The van der Waals surface area contributed by atoms with Crippen molar-refractivity contribution in [2.75, 3.05) is 33.7 Å². The number of halogens is 2. The Morgan fingerprint density at radius 3 is 2.50 bits per heavy atom. The van der Waals surface area contributed by atoms with Crippen LogP contribution in [-0.2, 0) is 10.2 Å². The molecule has 1 aliphatic rings. The van der Waals surface area contributed by atoms with Crippen molar-refractivity contribution in [1.29, 1.82) is 0 Å². The quantitative estimate of drug-likeness (QED) is 0.244. The van der Waals surface area contributed by atoms with Gasteiger partial charge in [-0.3, -0.25) is 4.79 Å². The molecule has 0 aliphatic heterocycles. The number of likely N-dealkylation sites (N-methyl/N-ethyl adjacent to an activating group) is 1. The number of carbonyl (C=O) groups excluding carboxylic acids is 1. The zero-order valence-corrected chi connectivity index (χ0v) is 19.6. The summed E-state index contributed by atoms with van der Waals surface area (Å²) in [5.41, 5.74) is 2.48. The highest BCUT2D eigenvalue weighted by Gasteiger charge is 2.45. The molecule has 7 heteroatoms. The van der Waals surface area contributed by atoms with Gasteiger partial charge in [-0.2, -0.15) is 0 Å². The van der Waals surface area contributed by atoms with Gasteiger partial charge in [-0.1, -0.05) is 46.3 Å². The molecule has 0 saturated heterocycles. The van der Waals surface area contributed by atoms with E-state index in [-0.39, 0.29) is 41.8 Å². The van der Waals surface area contributed by atoms with E-state index in [1.165, 1.54) is 5.56 Å². The second-order valence-electron chi connectivity index (χ2n) is 6.88. The van der Waals surface area contributed by atoms with Crippen LogP contribution < -0.4 is 10.6 Å². The van der Waals surface area contributed by atoms with Crippen molar-refractivity contribution in [3.63, 3.8) is 0 Å². The molecule has 2 rings (SSSR count). The lowest BCUT2D eigenvalue weighted by Crippen LogP contribution is -2.42. The molecule has 144 valence electrons. The molecule has 0 aromatic heterocycles. The minimum atomic E-state index is -0.0247. The van der Waals surface area contributed by atoms with E-state index in [1.54, 1.807) is 19.0 Å². The topological polar surface area (TPSA) is 56.7 Å². The first-order valence-electron chi connectivity index (χ1n) is 8.46. The molecule has 5 nitrogen and oxygen atoms in total. The predicted octanol–water partition coefficient (Wildman–Crippen LogP) is 3.30. The number of hydrogen-bond acceptors (Lipinski definition) is 2. The lowest BCUT2D eigenvalue weighted by atomic mass is 9.96. The molecule has 1 amide bonds. The SMILES string of the molecule is C=C(C)CNC(=NCC(=O)N(C)C)NCC1(c2ccccc2Br)CC1.I. The summed E-state index contributed by atoms with van der Waals surface area (Å²) in [5, 5.41) is 6.64. The van der Waals surface area contributed by atoms with Gasteiger partial charge in [0, 0.05) is 37.1 Å². The molecule has 1 saturated carbocycles. The van der Waals surface area contributed by atoms with Crippen molar-refractivity contribution in [2.24, 2.45) is 4.99 Å². The number of rotatable bonds is 7. The first-order chi connectivity index (χ1) is 11.8. The maximum atomic E-state index is 11.8. The summed E-state index contributed by atoms with van der Waals surface area (Å²) in [6, 6.07) is 8.36. The molecule has 0 spiro atoms. The molecule has 0 unspecified atom stereocenters. The lowest BCUT2D eigenvalue weighted by Gasteiger charge is -2.20. The summed E-state index contributed by atoms with van der Waals surface area (Å²) in [6.45, 7) is 7.40. The maximum absolute atomic E-state index is 11.8. The number of guanidine groups is 1. The molecular weight excluding hydrogens is 507 g/mol. The zero-order valence-electron chi connectivity index (χ0n) is 15.6. The van der Waals surface area contributed by atoms with Gasteiger partial charge in [-0.25, -0.2) is 4.99 Å². The van der Waals surface area contributed by atoms with Crippen molar-refractivity contribution in [2.45, 2.75) is 25.2 Å². The molecule has 1 aliphatic carbocycles. The fraction of sp³-hybridized carbons (Fsp3) is 0.474. The fourth-order valence-corrected chi connectivity index (χ4v) is 3.24. The highest BCUT2D eigenvalue weighted by molar-refractivity contribution is 14.0. The summed E-state index contributed by atoms with van der Waals surface area (Å²) in [4.78, 5) is 17.8. The van der Waals surface area contributed by atoms with Gasteiger partial charge in [0.1, 0.15) is 6.54 Å². The van der Waals surface area contributed by atoms with E-state index in [0.717, 1.165) is 29.4 Å². The zero-order chi connectivity index (χ0) is 18.4. The summed E-state index contributed by atoms with van der Waals surface area (Å²) in [5.74, 6) is 0.625. The van der Waals surface area contributed by atoms with Gasteiger partial charge in [-0.15, -0.1) is 24.0 Å². The molecule has 0 heterocycles. The Hall–Kier alpha value is -1.09. The molecule has 26 heavy (non-hydrogen) atoms. The van der Waals surface area contributed by atoms with Crippen LogP contribution in [0, 0.1) is 0 Å². The van der Waals surface area contributed by atoms with Crippen LogP contribution in [0.15, 0.2) is 45.9 Å².